The van der Waals surface area contributed by atoms with E-state index in [1.54, 1.807) is 0 Å². The number of rotatable bonds is 3. The van der Waals surface area contributed by atoms with E-state index in [2.05, 4.69) is 17.2 Å². The molecule has 0 saturated carbocycles. The van der Waals surface area contributed by atoms with Gasteiger partial charge in [-0.05, 0) is 49.9 Å². The molecule has 1 fully saturated rings. The summed E-state index contributed by atoms with van der Waals surface area (Å²) >= 11 is 0. The number of halogens is 5. The minimum atomic E-state index is -4.41. The van der Waals surface area contributed by atoms with Gasteiger partial charge in [-0.3, -0.25) is 0 Å². The molecule has 3 nitrogen and oxygen atoms in total. The summed E-state index contributed by atoms with van der Waals surface area (Å²) in [5, 5.41) is 3.30. The maximum atomic E-state index is 12.6. The molecule has 1 saturated heterocycles. The molecule has 128 valence electrons. The Labute approximate surface area is 140 Å². The van der Waals surface area contributed by atoms with E-state index in [-0.39, 0.29) is 30.4 Å². The van der Waals surface area contributed by atoms with Crippen molar-refractivity contribution in [2.75, 3.05) is 19.7 Å². The summed E-state index contributed by atoms with van der Waals surface area (Å²) < 4.78 is 43.4. The minimum absolute atomic E-state index is 0. The van der Waals surface area contributed by atoms with Gasteiger partial charge in [0.2, 0.25) is 0 Å². The van der Waals surface area contributed by atoms with Crippen LogP contribution < -0.4 is 10.1 Å². The molecule has 0 bridgehead atoms. The van der Waals surface area contributed by atoms with Crippen LogP contribution in [0.1, 0.15) is 24.6 Å². The van der Waals surface area contributed by atoms with Crippen molar-refractivity contribution in [3.63, 3.8) is 0 Å². The van der Waals surface area contributed by atoms with E-state index < -0.39 is 11.9 Å². The van der Waals surface area contributed by atoms with E-state index >= 15 is 0 Å². The molecule has 22 heavy (non-hydrogen) atoms. The number of pyridine rings is 1. The normalized spacial score (nSPS) is 21.5. The molecule has 0 unspecified atom stereocenters. The quantitative estimate of drug-likeness (QED) is 0.887. The number of nitrogens with one attached hydrogen (secondary N) is 1. The summed E-state index contributed by atoms with van der Waals surface area (Å²) in [5.41, 5.74) is -0.756. The first-order valence-corrected chi connectivity index (χ1v) is 6.75. The van der Waals surface area contributed by atoms with Gasteiger partial charge >= 0.3 is 6.18 Å². The molecule has 2 rings (SSSR count). The number of aryl methyl sites for hydroxylation is 1. The third-order valence-corrected chi connectivity index (χ3v) is 3.75. The molecule has 0 radical (unpaired) electrons. The zero-order valence-electron chi connectivity index (χ0n) is 12.4. The second-order valence-corrected chi connectivity index (χ2v) is 5.38. The van der Waals surface area contributed by atoms with E-state index in [9.17, 15) is 13.2 Å². The highest BCUT2D eigenvalue weighted by molar-refractivity contribution is 5.85. The lowest BCUT2D eigenvalue weighted by molar-refractivity contribution is -0.141. The number of alkyl halides is 3. The van der Waals surface area contributed by atoms with Crippen LogP contribution >= 0.6 is 24.8 Å². The fourth-order valence-electron chi connectivity index (χ4n) is 2.44. The third kappa shape index (κ3) is 5.48. The molecular formula is C14H21Cl2F3N2O. The topological polar surface area (TPSA) is 34.1 Å². The number of ether oxygens (including phenoxy) is 1. The Morgan fingerprint density at radius 3 is 2.59 bits per heavy atom. The lowest BCUT2D eigenvalue weighted by atomic mass is 9.89. The molecule has 1 aromatic rings. The number of piperidine rings is 1. The second kappa shape index (κ2) is 8.79. The summed E-state index contributed by atoms with van der Waals surface area (Å²) in [4.78, 5) is 3.47. The van der Waals surface area contributed by atoms with E-state index in [4.69, 9.17) is 4.74 Å². The fourth-order valence-corrected chi connectivity index (χ4v) is 2.44. The zero-order chi connectivity index (χ0) is 14.8. The highest BCUT2D eigenvalue weighted by Crippen LogP contribution is 2.31. The summed E-state index contributed by atoms with van der Waals surface area (Å²) in [7, 11) is 0. The van der Waals surface area contributed by atoms with Gasteiger partial charge in [0, 0.05) is 0 Å². The van der Waals surface area contributed by atoms with Crippen LogP contribution in [0, 0.1) is 18.8 Å². The molecule has 2 atom stereocenters. The van der Waals surface area contributed by atoms with Crippen LogP contribution in [0.5, 0.6) is 5.75 Å². The van der Waals surface area contributed by atoms with Gasteiger partial charge in [0.1, 0.15) is 11.4 Å². The van der Waals surface area contributed by atoms with Crippen LogP contribution in [-0.2, 0) is 6.18 Å². The van der Waals surface area contributed by atoms with Gasteiger partial charge < -0.3 is 10.1 Å². The average molecular weight is 361 g/mol. The highest BCUT2D eigenvalue weighted by atomic mass is 35.5. The molecule has 0 spiro atoms. The van der Waals surface area contributed by atoms with Crippen molar-refractivity contribution < 1.29 is 17.9 Å². The van der Waals surface area contributed by atoms with Gasteiger partial charge in [0.25, 0.3) is 0 Å². The molecule has 1 N–H and O–H groups in total. The summed E-state index contributed by atoms with van der Waals surface area (Å²) in [6, 6.07) is 1.40. The monoisotopic (exact) mass is 360 g/mol. The van der Waals surface area contributed by atoms with Gasteiger partial charge in [0.15, 0.2) is 0 Å². The number of hydrogen-bond acceptors (Lipinski definition) is 3. The van der Waals surface area contributed by atoms with Crippen LogP contribution in [0.25, 0.3) is 0 Å². The minimum Gasteiger partial charge on any atom is -0.492 e. The number of nitrogens with zero attached hydrogens (tertiary/aromatic N) is 1. The molecule has 0 aromatic carbocycles. The molecule has 1 aliphatic rings. The van der Waals surface area contributed by atoms with Crippen molar-refractivity contribution in [2.24, 2.45) is 11.8 Å². The van der Waals surface area contributed by atoms with Gasteiger partial charge in [-0.1, -0.05) is 6.92 Å². The first-order chi connectivity index (χ1) is 9.38. The lowest BCUT2D eigenvalue weighted by Crippen LogP contribution is -2.37. The van der Waals surface area contributed by atoms with Gasteiger partial charge in [-0.25, -0.2) is 4.98 Å². The van der Waals surface area contributed by atoms with Crippen molar-refractivity contribution in [2.45, 2.75) is 26.4 Å². The molecular weight excluding hydrogens is 340 g/mol. The van der Waals surface area contributed by atoms with E-state index in [1.807, 2.05) is 0 Å². The van der Waals surface area contributed by atoms with Crippen LogP contribution in [0.15, 0.2) is 12.3 Å². The second-order valence-electron chi connectivity index (χ2n) is 5.38. The smallest absolute Gasteiger partial charge is 0.433 e. The van der Waals surface area contributed by atoms with Crippen molar-refractivity contribution in [1.82, 2.24) is 10.3 Å². The lowest BCUT2D eigenvalue weighted by Gasteiger charge is -2.29. The Hall–Kier alpha value is -0.720. The maximum absolute atomic E-state index is 12.6. The van der Waals surface area contributed by atoms with Crippen LogP contribution in [0.4, 0.5) is 13.2 Å². The summed E-state index contributed by atoms with van der Waals surface area (Å²) in [6.07, 6.45) is -2.23. The Balaban J connectivity index is 0.00000220. The summed E-state index contributed by atoms with van der Waals surface area (Å²) in [5.74, 6) is 1.34. The highest BCUT2D eigenvalue weighted by Gasteiger charge is 2.34. The Bertz CT molecular complexity index is 472. The van der Waals surface area contributed by atoms with Crippen molar-refractivity contribution in [3.05, 3.63) is 23.5 Å². The van der Waals surface area contributed by atoms with Crippen LogP contribution in [0.2, 0.25) is 0 Å². The zero-order valence-corrected chi connectivity index (χ0v) is 14.1. The van der Waals surface area contributed by atoms with Crippen molar-refractivity contribution in [1.29, 1.82) is 0 Å². The molecule has 1 aliphatic heterocycles. The maximum Gasteiger partial charge on any atom is 0.433 e. The molecule has 0 amide bonds. The number of hydrogen-bond donors (Lipinski definition) is 1. The van der Waals surface area contributed by atoms with E-state index in [0.29, 0.717) is 24.2 Å². The number of aromatic nitrogens is 1. The molecule has 8 heteroatoms. The first kappa shape index (κ1) is 21.3. The Kier molecular flexibility index (Phi) is 8.51. The fraction of sp³-hybridized carbons (Fsp3) is 0.643. The van der Waals surface area contributed by atoms with E-state index in [0.717, 1.165) is 25.7 Å². The largest absolute Gasteiger partial charge is 0.492 e. The predicted octanol–water partition coefficient (Wildman–Crippen LogP) is 3.88. The Morgan fingerprint density at radius 1 is 1.36 bits per heavy atom. The van der Waals surface area contributed by atoms with Gasteiger partial charge in [-0.15, -0.1) is 24.8 Å². The SMILES string of the molecule is Cc1cc(OC[C@@H]2CCNC[C@@H]2C)cnc1C(F)(F)F.Cl.Cl. The third-order valence-electron chi connectivity index (χ3n) is 3.75. The molecule has 0 aliphatic carbocycles. The standard InChI is InChI=1S/C14H19F3N2O.2ClH/c1-9-5-12(7-19-13(9)14(15,16)17)20-8-11-3-4-18-6-10(11)2;;/h5,7,10-11,18H,3-4,6,8H2,1-2H3;2*1H/t10-,11-;;/m0../s1. The Morgan fingerprint density at radius 2 is 2.05 bits per heavy atom. The molecule has 2 heterocycles. The average Bonchev–Trinajstić information content (AvgIpc) is 2.36. The van der Waals surface area contributed by atoms with Gasteiger partial charge in [-0.2, -0.15) is 13.2 Å². The predicted molar refractivity (Wildman–Crippen MR) is 84.1 cm³/mol. The van der Waals surface area contributed by atoms with Crippen molar-refractivity contribution in [3.8, 4) is 5.75 Å². The van der Waals surface area contributed by atoms with Crippen molar-refractivity contribution >= 4 is 24.8 Å². The summed E-state index contributed by atoms with van der Waals surface area (Å²) in [6.45, 7) is 5.99. The van der Waals surface area contributed by atoms with Crippen LogP contribution in [0.3, 0.4) is 0 Å². The van der Waals surface area contributed by atoms with E-state index in [1.165, 1.54) is 13.0 Å². The first-order valence-electron chi connectivity index (χ1n) is 6.75. The molecule has 1 aromatic heterocycles. The van der Waals surface area contributed by atoms with Gasteiger partial charge in [0.05, 0.1) is 12.8 Å². The van der Waals surface area contributed by atoms with Crippen LogP contribution in [-0.4, -0.2) is 24.7 Å².